The summed E-state index contributed by atoms with van der Waals surface area (Å²) in [6.45, 7) is 1.94. The minimum Gasteiger partial charge on any atom is -0.481 e. The van der Waals surface area contributed by atoms with Gasteiger partial charge in [0, 0.05) is 18.5 Å². The SMILES string of the molecule is COc1ccc(C(=O)Nc2cc(C)ccn2)cn1. The van der Waals surface area contributed by atoms with Crippen LogP contribution in [0.15, 0.2) is 36.7 Å². The summed E-state index contributed by atoms with van der Waals surface area (Å²) in [5.41, 5.74) is 1.49. The smallest absolute Gasteiger partial charge is 0.258 e. The zero-order valence-corrected chi connectivity index (χ0v) is 10.2. The van der Waals surface area contributed by atoms with E-state index in [1.165, 1.54) is 13.3 Å². The third-order valence-electron chi connectivity index (χ3n) is 2.36. The van der Waals surface area contributed by atoms with Gasteiger partial charge >= 0.3 is 0 Å². The Morgan fingerprint density at radius 3 is 2.72 bits per heavy atom. The zero-order chi connectivity index (χ0) is 13.0. The molecule has 0 atom stereocenters. The number of anilines is 1. The first kappa shape index (κ1) is 12.0. The van der Waals surface area contributed by atoms with E-state index in [9.17, 15) is 4.79 Å². The topological polar surface area (TPSA) is 64.1 Å². The average Bonchev–Trinajstić information content (AvgIpc) is 2.39. The van der Waals surface area contributed by atoms with Gasteiger partial charge in [0.15, 0.2) is 0 Å². The number of pyridine rings is 2. The zero-order valence-electron chi connectivity index (χ0n) is 10.2. The van der Waals surface area contributed by atoms with E-state index in [4.69, 9.17) is 4.74 Å². The lowest BCUT2D eigenvalue weighted by Gasteiger charge is -2.05. The molecule has 0 fully saturated rings. The minimum atomic E-state index is -0.247. The van der Waals surface area contributed by atoms with Gasteiger partial charge in [-0.1, -0.05) is 0 Å². The van der Waals surface area contributed by atoms with Crippen LogP contribution in [-0.4, -0.2) is 23.0 Å². The van der Waals surface area contributed by atoms with Crippen LogP contribution in [-0.2, 0) is 0 Å². The van der Waals surface area contributed by atoms with E-state index in [0.717, 1.165) is 5.56 Å². The molecule has 2 aromatic heterocycles. The molecule has 5 heteroatoms. The Labute approximate surface area is 105 Å². The van der Waals surface area contributed by atoms with Crippen LogP contribution in [0.5, 0.6) is 5.88 Å². The van der Waals surface area contributed by atoms with Crippen molar-refractivity contribution >= 4 is 11.7 Å². The Morgan fingerprint density at radius 1 is 1.28 bits per heavy atom. The highest BCUT2D eigenvalue weighted by atomic mass is 16.5. The number of hydrogen-bond donors (Lipinski definition) is 1. The maximum absolute atomic E-state index is 11.9. The molecule has 0 unspecified atom stereocenters. The van der Waals surface area contributed by atoms with Gasteiger partial charge in [0.2, 0.25) is 5.88 Å². The van der Waals surface area contributed by atoms with Gasteiger partial charge in [-0.3, -0.25) is 4.79 Å². The van der Waals surface area contributed by atoms with Crippen molar-refractivity contribution in [3.05, 3.63) is 47.8 Å². The van der Waals surface area contributed by atoms with Gasteiger partial charge in [0.1, 0.15) is 5.82 Å². The van der Waals surface area contributed by atoms with Crippen molar-refractivity contribution in [2.75, 3.05) is 12.4 Å². The highest BCUT2D eigenvalue weighted by molar-refractivity contribution is 6.03. The number of nitrogens with one attached hydrogen (secondary N) is 1. The van der Waals surface area contributed by atoms with Gasteiger partial charge in [0.25, 0.3) is 5.91 Å². The Bertz CT molecular complexity index is 552. The molecule has 0 saturated heterocycles. The van der Waals surface area contributed by atoms with Crippen molar-refractivity contribution in [1.29, 1.82) is 0 Å². The van der Waals surface area contributed by atoms with Crippen LogP contribution < -0.4 is 10.1 Å². The fourth-order valence-corrected chi connectivity index (χ4v) is 1.43. The molecule has 0 aliphatic heterocycles. The van der Waals surface area contributed by atoms with Crippen LogP contribution in [0.2, 0.25) is 0 Å². The van der Waals surface area contributed by atoms with Crippen molar-refractivity contribution in [2.45, 2.75) is 6.92 Å². The molecule has 0 saturated carbocycles. The summed E-state index contributed by atoms with van der Waals surface area (Å²) < 4.78 is 4.93. The first-order valence-corrected chi connectivity index (χ1v) is 5.43. The predicted octanol–water partition coefficient (Wildman–Crippen LogP) is 2.05. The molecule has 2 aromatic rings. The molecule has 18 heavy (non-hydrogen) atoms. The molecule has 0 radical (unpaired) electrons. The van der Waals surface area contributed by atoms with Gasteiger partial charge in [-0.15, -0.1) is 0 Å². The molecule has 5 nitrogen and oxygen atoms in total. The Hall–Kier alpha value is -2.43. The fraction of sp³-hybridized carbons (Fsp3) is 0.154. The highest BCUT2D eigenvalue weighted by Crippen LogP contribution is 2.10. The Kier molecular flexibility index (Phi) is 3.52. The quantitative estimate of drug-likeness (QED) is 0.896. The number of carbonyl (C=O) groups is 1. The minimum absolute atomic E-state index is 0.247. The molecular formula is C13H13N3O2. The standard InChI is InChI=1S/C13H13N3O2/c1-9-5-6-14-11(7-9)16-13(17)10-3-4-12(18-2)15-8-10/h3-8H,1-2H3,(H,14,16,17). The number of amides is 1. The molecule has 0 aromatic carbocycles. The predicted molar refractivity (Wildman–Crippen MR) is 67.7 cm³/mol. The summed E-state index contributed by atoms with van der Waals surface area (Å²) in [6.07, 6.45) is 3.11. The van der Waals surface area contributed by atoms with Crippen LogP contribution in [0.4, 0.5) is 5.82 Å². The Balaban J connectivity index is 2.11. The summed E-state index contributed by atoms with van der Waals surface area (Å²) in [4.78, 5) is 19.9. The molecular weight excluding hydrogens is 230 g/mol. The number of aromatic nitrogens is 2. The third kappa shape index (κ3) is 2.82. The Morgan fingerprint density at radius 2 is 2.11 bits per heavy atom. The molecule has 1 N–H and O–H groups in total. The summed E-state index contributed by atoms with van der Waals surface area (Å²) in [5, 5.41) is 2.71. The molecule has 92 valence electrons. The van der Waals surface area contributed by atoms with E-state index < -0.39 is 0 Å². The summed E-state index contributed by atoms with van der Waals surface area (Å²) in [7, 11) is 1.53. The van der Waals surface area contributed by atoms with E-state index >= 15 is 0 Å². The lowest BCUT2D eigenvalue weighted by molar-refractivity contribution is 0.102. The van der Waals surface area contributed by atoms with Crippen LogP contribution >= 0.6 is 0 Å². The van der Waals surface area contributed by atoms with Gasteiger partial charge in [-0.25, -0.2) is 9.97 Å². The largest absolute Gasteiger partial charge is 0.481 e. The van der Waals surface area contributed by atoms with E-state index in [2.05, 4.69) is 15.3 Å². The van der Waals surface area contributed by atoms with Crippen molar-refractivity contribution in [3.63, 3.8) is 0 Å². The van der Waals surface area contributed by atoms with E-state index in [0.29, 0.717) is 17.3 Å². The van der Waals surface area contributed by atoms with Crippen LogP contribution in [0.25, 0.3) is 0 Å². The first-order valence-electron chi connectivity index (χ1n) is 5.43. The number of carbonyl (C=O) groups excluding carboxylic acids is 1. The first-order chi connectivity index (χ1) is 8.69. The molecule has 0 spiro atoms. The average molecular weight is 243 g/mol. The molecule has 2 rings (SSSR count). The summed E-state index contributed by atoms with van der Waals surface area (Å²) >= 11 is 0. The third-order valence-corrected chi connectivity index (χ3v) is 2.36. The van der Waals surface area contributed by atoms with E-state index in [1.54, 1.807) is 24.4 Å². The molecule has 0 bridgehead atoms. The normalized spacial score (nSPS) is 9.89. The number of ether oxygens (including phenoxy) is 1. The summed E-state index contributed by atoms with van der Waals surface area (Å²) in [6, 6.07) is 6.95. The van der Waals surface area contributed by atoms with Crippen molar-refractivity contribution in [1.82, 2.24) is 9.97 Å². The second kappa shape index (κ2) is 5.27. The number of nitrogens with zero attached hydrogens (tertiary/aromatic N) is 2. The van der Waals surface area contributed by atoms with Gasteiger partial charge in [-0.2, -0.15) is 0 Å². The van der Waals surface area contributed by atoms with Crippen LogP contribution in [0, 0.1) is 6.92 Å². The molecule has 2 heterocycles. The van der Waals surface area contributed by atoms with Crippen molar-refractivity contribution in [3.8, 4) is 5.88 Å². The maximum atomic E-state index is 11.9. The van der Waals surface area contributed by atoms with Crippen molar-refractivity contribution in [2.24, 2.45) is 0 Å². The lowest BCUT2D eigenvalue weighted by atomic mass is 10.2. The second-order valence-electron chi connectivity index (χ2n) is 3.76. The number of aryl methyl sites for hydroxylation is 1. The monoisotopic (exact) mass is 243 g/mol. The number of hydrogen-bond acceptors (Lipinski definition) is 4. The maximum Gasteiger partial charge on any atom is 0.258 e. The molecule has 0 aliphatic carbocycles. The van der Waals surface area contributed by atoms with E-state index in [-0.39, 0.29) is 5.91 Å². The summed E-state index contributed by atoms with van der Waals surface area (Å²) in [5.74, 6) is 0.749. The number of methoxy groups -OCH3 is 1. The van der Waals surface area contributed by atoms with Crippen molar-refractivity contribution < 1.29 is 9.53 Å². The lowest BCUT2D eigenvalue weighted by Crippen LogP contribution is -2.13. The van der Waals surface area contributed by atoms with E-state index in [1.807, 2.05) is 13.0 Å². The highest BCUT2D eigenvalue weighted by Gasteiger charge is 2.07. The molecule has 0 aliphatic rings. The van der Waals surface area contributed by atoms with Gasteiger partial charge in [0.05, 0.1) is 12.7 Å². The molecule has 1 amide bonds. The fourth-order valence-electron chi connectivity index (χ4n) is 1.43. The van der Waals surface area contributed by atoms with Crippen LogP contribution in [0.3, 0.4) is 0 Å². The van der Waals surface area contributed by atoms with Crippen LogP contribution in [0.1, 0.15) is 15.9 Å². The van der Waals surface area contributed by atoms with Gasteiger partial charge in [-0.05, 0) is 30.7 Å². The second-order valence-corrected chi connectivity index (χ2v) is 3.76. The van der Waals surface area contributed by atoms with Gasteiger partial charge < -0.3 is 10.1 Å². The number of rotatable bonds is 3.